The van der Waals surface area contributed by atoms with Gasteiger partial charge in [-0.15, -0.1) is 0 Å². The molecule has 1 atom stereocenters. The van der Waals surface area contributed by atoms with Gasteiger partial charge < -0.3 is 17.2 Å². The zero-order valence-electron chi connectivity index (χ0n) is 6.63. The first kappa shape index (κ1) is 8.96. The van der Waals surface area contributed by atoms with Gasteiger partial charge in [0.25, 0.3) is 0 Å². The lowest BCUT2D eigenvalue weighted by atomic mass is 10.1. The van der Waals surface area contributed by atoms with E-state index in [9.17, 15) is 4.39 Å². The summed E-state index contributed by atoms with van der Waals surface area (Å²) in [6.45, 7) is 0.223. The van der Waals surface area contributed by atoms with Crippen molar-refractivity contribution < 1.29 is 4.39 Å². The fourth-order valence-electron chi connectivity index (χ4n) is 0.971. The molecule has 0 saturated heterocycles. The number of halogens is 1. The van der Waals surface area contributed by atoms with E-state index >= 15 is 0 Å². The smallest absolute Gasteiger partial charge is 0.130 e. The quantitative estimate of drug-likeness (QED) is 0.559. The summed E-state index contributed by atoms with van der Waals surface area (Å²) in [7, 11) is 0. The summed E-state index contributed by atoms with van der Waals surface area (Å²) in [5.41, 5.74) is 17.0. The molecule has 4 heteroatoms. The minimum Gasteiger partial charge on any atom is -0.399 e. The van der Waals surface area contributed by atoms with Gasteiger partial charge in [-0.1, -0.05) is 6.07 Å². The van der Waals surface area contributed by atoms with Gasteiger partial charge in [0.1, 0.15) is 5.82 Å². The topological polar surface area (TPSA) is 78.1 Å². The van der Waals surface area contributed by atoms with Crippen LogP contribution in [0, 0.1) is 5.82 Å². The first-order valence-corrected chi connectivity index (χ1v) is 3.65. The van der Waals surface area contributed by atoms with Crippen LogP contribution in [0.4, 0.5) is 10.1 Å². The summed E-state index contributed by atoms with van der Waals surface area (Å²) in [5.74, 6) is -0.395. The molecule has 0 heterocycles. The van der Waals surface area contributed by atoms with Crippen LogP contribution in [0.15, 0.2) is 18.2 Å². The molecule has 0 aliphatic carbocycles. The van der Waals surface area contributed by atoms with Crippen molar-refractivity contribution in [1.82, 2.24) is 0 Å². The lowest BCUT2D eigenvalue weighted by Crippen LogP contribution is -2.21. The van der Waals surface area contributed by atoms with Gasteiger partial charge in [0.15, 0.2) is 0 Å². The molecule has 1 aromatic rings. The second-order valence-electron chi connectivity index (χ2n) is 2.62. The Morgan fingerprint density at radius 3 is 2.58 bits per heavy atom. The van der Waals surface area contributed by atoms with E-state index in [1.807, 2.05) is 0 Å². The molecule has 0 bridgehead atoms. The maximum absolute atomic E-state index is 13.1. The van der Waals surface area contributed by atoms with Gasteiger partial charge in [0, 0.05) is 23.8 Å². The summed E-state index contributed by atoms with van der Waals surface area (Å²) < 4.78 is 13.1. The number of hydrogen-bond acceptors (Lipinski definition) is 3. The molecule has 12 heavy (non-hydrogen) atoms. The summed E-state index contributed by atoms with van der Waals surface area (Å²) in [6, 6.07) is 3.95. The molecule has 66 valence electrons. The molecule has 0 fully saturated rings. The van der Waals surface area contributed by atoms with Crippen LogP contribution in [0.25, 0.3) is 0 Å². The lowest BCUT2D eigenvalue weighted by molar-refractivity contribution is 0.585. The Morgan fingerprint density at radius 2 is 2.08 bits per heavy atom. The zero-order valence-corrected chi connectivity index (χ0v) is 6.63. The minimum atomic E-state index is -0.453. The van der Waals surface area contributed by atoms with Crippen LogP contribution in [0.5, 0.6) is 0 Å². The van der Waals surface area contributed by atoms with Gasteiger partial charge in [-0.3, -0.25) is 0 Å². The molecule has 0 spiro atoms. The molecule has 3 nitrogen and oxygen atoms in total. The second-order valence-corrected chi connectivity index (χ2v) is 2.62. The Labute approximate surface area is 70.3 Å². The van der Waals surface area contributed by atoms with Crippen LogP contribution >= 0.6 is 0 Å². The van der Waals surface area contributed by atoms with Crippen molar-refractivity contribution in [3.05, 3.63) is 29.6 Å². The molecule has 0 aliphatic rings. The summed E-state index contributed by atoms with van der Waals surface area (Å²) in [5, 5.41) is 0. The SMILES string of the molecule is NC[C@@H](N)c1ccc(N)cc1F. The standard InChI is InChI=1S/C8H12FN3/c9-7-3-5(11)1-2-6(7)8(12)4-10/h1-3,8H,4,10-12H2/t8-/m1/s1. The first-order chi connectivity index (χ1) is 5.65. The molecular weight excluding hydrogens is 157 g/mol. The molecule has 1 aromatic carbocycles. The largest absolute Gasteiger partial charge is 0.399 e. The molecule has 0 amide bonds. The number of nitrogen functional groups attached to an aromatic ring is 1. The molecule has 0 aliphatic heterocycles. The fourth-order valence-corrected chi connectivity index (χ4v) is 0.971. The maximum atomic E-state index is 13.1. The van der Waals surface area contributed by atoms with E-state index in [1.165, 1.54) is 6.07 Å². The van der Waals surface area contributed by atoms with Crippen molar-refractivity contribution in [3.8, 4) is 0 Å². The van der Waals surface area contributed by atoms with Gasteiger partial charge in [-0.25, -0.2) is 4.39 Å². The van der Waals surface area contributed by atoms with Crippen LogP contribution in [0.1, 0.15) is 11.6 Å². The van der Waals surface area contributed by atoms with Crippen molar-refractivity contribution in [3.63, 3.8) is 0 Å². The molecule has 0 aromatic heterocycles. The highest BCUT2D eigenvalue weighted by molar-refractivity contribution is 5.41. The average Bonchev–Trinajstić information content (AvgIpc) is 2.03. The van der Waals surface area contributed by atoms with Gasteiger partial charge in [0.2, 0.25) is 0 Å². The Balaban J connectivity index is 3.01. The van der Waals surface area contributed by atoms with Crippen molar-refractivity contribution in [2.24, 2.45) is 11.5 Å². The third kappa shape index (κ3) is 1.72. The monoisotopic (exact) mass is 169 g/mol. The Bertz CT molecular complexity index is 275. The third-order valence-electron chi connectivity index (χ3n) is 1.68. The van der Waals surface area contributed by atoms with Crippen molar-refractivity contribution in [2.45, 2.75) is 6.04 Å². The van der Waals surface area contributed by atoms with E-state index in [1.54, 1.807) is 12.1 Å². The van der Waals surface area contributed by atoms with Crippen LogP contribution < -0.4 is 17.2 Å². The van der Waals surface area contributed by atoms with E-state index in [2.05, 4.69) is 0 Å². The maximum Gasteiger partial charge on any atom is 0.130 e. The molecule has 1 rings (SSSR count). The van der Waals surface area contributed by atoms with E-state index in [0.717, 1.165) is 0 Å². The van der Waals surface area contributed by atoms with Gasteiger partial charge in [-0.05, 0) is 12.1 Å². The van der Waals surface area contributed by atoms with E-state index < -0.39 is 11.9 Å². The van der Waals surface area contributed by atoms with E-state index in [-0.39, 0.29) is 6.54 Å². The second kappa shape index (κ2) is 3.51. The molecular formula is C8H12FN3. The molecule has 0 unspecified atom stereocenters. The summed E-state index contributed by atoms with van der Waals surface area (Å²) in [4.78, 5) is 0. The molecule has 0 saturated carbocycles. The Hall–Kier alpha value is -1.13. The number of anilines is 1. The number of nitrogens with two attached hydrogens (primary N) is 3. The summed E-state index contributed by atoms with van der Waals surface area (Å²) >= 11 is 0. The summed E-state index contributed by atoms with van der Waals surface area (Å²) in [6.07, 6.45) is 0. The van der Waals surface area contributed by atoms with Crippen LogP contribution in [0.3, 0.4) is 0 Å². The van der Waals surface area contributed by atoms with Gasteiger partial charge >= 0.3 is 0 Å². The first-order valence-electron chi connectivity index (χ1n) is 3.65. The highest BCUT2D eigenvalue weighted by atomic mass is 19.1. The van der Waals surface area contributed by atoms with Gasteiger partial charge in [-0.2, -0.15) is 0 Å². The van der Waals surface area contributed by atoms with Crippen molar-refractivity contribution in [1.29, 1.82) is 0 Å². The van der Waals surface area contributed by atoms with Crippen LogP contribution in [0.2, 0.25) is 0 Å². The average molecular weight is 169 g/mol. The molecule has 6 N–H and O–H groups in total. The molecule has 0 radical (unpaired) electrons. The number of benzene rings is 1. The van der Waals surface area contributed by atoms with Crippen LogP contribution in [-0.2, 0) is 0 Å². The third-order valence-corrected chi connectivity index (χ3v) is 1.68. The zero-order chi connectivity index (χ0) is 9.14. The number of rotatable bonds is 2. The van der Waals surface area contributed by atoms with Crippen molar-refractivity contribution in [2.75, 3.05) is 12.3 Å². The van der Waals surface area contributed by atoms with E-state index in [4.69, 9.17) is 17.2 Å². The van der Waals surface area contributed by atoms with E-state index in [0.29, 0.717) is 11.3 Å². The predicted octanol–water partition coefficient (Wildman–Crippen LogP) is 0.366. The lowest BCUT2D eigenvalue weighted by Gasteiger charge is -2.09. The van der Waals surface area contributed by atoms with Crippen molar-refractivity contribution >= 4 is 5.69 Å². The highest BCUT2D eigenvalue weighted by Gasteiger charge is 2.08. The predicted molar refractivity (Wildman–Crippen MR) is 46.8 cm³/mol. The minimum absolute atomic E-state index is 0.223. The van der Waals surface area contributed by atoms with Crippen LogP contribution in [-0.4, -0.2) is 6.54 Å². The van der Waals surface area contributed by atoms with Gasteiger partial charge in [0.05, 0.1) is 0 Å². The highest BCUT2D eigenvalue weighted by Crippen LogP contribution is 2.16. The normalized spacial score (nSPS) is 12.9. The Kier molecular flexibility index (Phi) is 2.62. The number of hydrogen-bond donors (Lipinski definition) is 3. The Morgan fingerprint density at radius 1 is 1.42 bits per heavy atom. The fraction of sp³-hybridized carbons (Fsp3) is 0.250.